The molecule has 0 aromatic rings. The minimum Gasteiger partial charge on any atom is -0.464 e. The van der Waals surface area contributed by atoms with E-state index in [1.165, 1.54) is 0 Å². The molecule has 1 rings (SSSR count). The second kappa shape index (κ2) is 8.45. The molecule has 1 aliphatic rings. The summed E-state index contributed by atoms with van der Waals surface area (Å²) in [7, 11) is 3.48. The predicted octanol–water partition coefficient (Wildman–Crippen LogP) is 2.35. The first-order chi connectivity index (χ1) is 9.22. The summed E-state index contributed by atoms with van der Waals surface area (Å²) in [4.78, 5) is 14.4. The van der Waals surface area contributed by atoms with E-state index in [-0.39, 0.29) is 0 Å². The Hall–Kier alpha value is -1.65. The number of ether oxygens (including phenoxy) is 1. The van der Waals surface area contributed by atoms with E-state index < -0.39 is 0 Å². The molecular weight excluding hydrogens is 240 g/mol. The number of aliphatic imine (C=N–C) groups is 3. The minimum absolute atomic E-state index is 0.425. The maximum absolute atomic E-state index is 5.27. The van der Waals surface area contributed by atoms with E-state index in [1.807, 2.05) is 19.5 Å². The number of hydrogen-bond donors (Lipinski definition) is 0. The summed E-state index contributed by atoms with van der Waals surface area (Å²) in [5, 5.41) is 0. The van der Waals surface area contributed by atoms with Crippen molar-refractivity contribution in [1.29, 1.82) is 0 Å². The van der Waals surface area contributed by atoms with Crippen molar-refractivity contribution in [1.82, 2.24) is 4.90 Å². The highest BCUT2D eigenvalue weighted by atomic mass is 16.5. The van der Waals surface area contributed by atoms with E-state index in [0.717, 1.165) is 12.8 Å². The van der Waals surface area contributed by atoms with Gasteiger partial charge in [-0.2, -0.15) is 0 Å². The highest BCUT2D eigenvalue weighted by Crippen LogP contribution is 2.22. The van der Waals surface area contributed by atoms with Gasteiger partial charge in [0, 0.05) is 32.6 Å². The standard InChI is InChI=1S/C14H24N4O/c1-5-19-14(16-4)17-9-8-13-7-6-10-18(11-15-3)12(13)2/h6,9-13H,5,7-8H2,1-4H3/b15-11-,16-14+,17-9-. The lowest BCUT2D eigenvalue weighted by molar-refractivity contribution is 0.294. The van der Waals surface area contributed by atoms with Gasteiger partial charge in [-0.3, -0.25) is 4.99 Å². The molecule has 1 heterocycles. The van der Waals surface area contributed by atoms with Crippen molar-refractivity contribution in [3.63, 3.8) is 0 Å². The molecule has 0 aromatic heterocycles. The van der Waals surface area contributed by atoms with Gasteiger partial charge in [0.15, 0.2) is 0 Å². The van der Waals surface area contributed by atoms with Crippen LogP contribution in [-0.4, -0.2) is 50.2 Å². The molecule has 5 nitrogen and oxygen atoms in total. The molecule has 0 aromatic carbocycles. The molecule has 2 unspecified atom stereocenters. The molecule has 0 spiro atoms. The molecule has 1 aliphatic heterocycles. The topological polar surface area (TPSA) is 49.5 Å². The predicted molar refractivity (Wildman–Crippen MR) is 81.1 cm³/mol. The smallest absolute Gasteiger partial charge is 0.310 e. The molecule has 0 saturated carbocycles. The van der Waals surface area contributed by atoms with Gasteiger partial charge in [0.2, 0.25) is 0 Å². The number of hydrogen-bond acceptors (Lipinski definition) is 3. The summed E-state index contributed by atoms with van der Waals surface area (Å²) in [6.07, 6.45) is 10.0. The Morgan fingerprint density at radius 3 is 2.89 bits per heavy atom. The average molecular weight is 264 g/mol. The molecule has 0 N–H and O–H groups in total. The normalized spacial score (nSPS) is 24.6. The Kier molecular flexibility index (Phi) is 6.85. The fourth-order valence-corrected chi connectivity index (χ4v) is 2.06. The monoisotopic (exact) mass is 264 g/mol. The maximum Gasteiger partial charge on any atom is 0.310 e. The van der Waals surface area contributed by atoms with Crippen LogP contribution in [-0.2, 0) is 4.74 Å². The summed E-state index contributed by atoms with van der Waals surface area (Å²) in [6, 6.07) is 0.878. The summed E-state index contributed by atoms with van der Waals surface area (Å²) in [5.74, 6) is 0.534. The highest BCUT2D eigenvalue weighted by molar-refractivity contribution is 5.83. The Bertz CT molecular complexity index is 374. The van der Waals surface area contributed by atoms with Crippen LogP contribution in [0.5, 0.6) is 0 Å². The second-order valence-electron chi connectivity index (χ2n) is 4.43. The third kappa shape index (κ3) is 4.85. The molecule has 19 heavy (non-hydrogen) atoms. The van der Waals surface area contributed by atoms with Gasteiger partial charge in [-0.1, -0.05) is 6.08 Å². The highest BCUT2D eigenvalue weighted by Gasteiger charge is 2.22. The third-order valence-corrected chi connectivity index (χ3v) is 3.19. The first-order valence-electron chi connectivity index (χ1n) is 6.71. The van der Waals surface area contributed by atoms with E-state index in [1.54, 1.807) is 14.1 Å². The molecule has 0 amide bonds. The quantitative estimate of drug-likeness (QED) is 0.578. The number of nitrogens with zero attached hydrogens (tertiary/aromatic N) is 4. The van der Waals surface area contributed by atoms with Crippen LogP contribution < -0.4 is 0 Å². The number of allylic oxidation sites excluding steroid dienone is 1. The zero-order valence-electron chi connectivity index (χ0n) is 12.3. The van der Waals surface area contributed by atoms with Gasteiger partial charge >= 0.3 is 6.02 Å². The van der Waals surface area contributed by atoms with Gasteiger partial charge in [0.05, 0.1) is 12.9 Å². The first kappa shape index (κ1) is 15.4. The lowest BCUT2D eigenvalue weighted by atomic mass is 9.91. The van der Waals surface area contributed by atoms with E-state index in [4.69, 9.17) is 4.74 Å². The lowest BCUT2D eigenvalue weighted by Crippen LogP contribution is -2.36. The molecule has 0 bridgehead atoms. The largest absolute Gasteiger partial charge is 0.464 e. The molecule has 5 heteroatoms. The fourth-order valence-electron chi connectivity index (χ4n) is 2.06. The zero-order valence-corrected chi connectivity index (χ0v) is 12.3. The van der Waals surface area contributed by atoms with Crippen LogP contribution in [0, 0.1) is 5.92 Å². The van der Waals surface area contributed by atoms with Crippen LogP contribution >= 0.6 is 0 Å². The van der Waals surface area contributed by atoms with Crippen molar-refractivity contribution in [2.45, 2.75) is 32.7 Å². The number of rotatable bonds is 4. The van der Waals surface area contributed by atoms with Gasteiger partial charge < -0.3 is 9.64 Å². The van der Waals surface area contributed by atoms with Crippen LogP contribution in [0.25, 0.3) is 0 Å². The molecule has 0 aliphatic carbocycles. The van der Waals surface area contributed by atoms with Crippen molar-refractivity contribution in [3.05, 3.63) is 12.3 Å². The third-order valence-electron chi connectivity index (χ3n) is 3.19. The second-order valence-corrected chi connectivity index (χ2v) is 4.43. The SMILES string of the molecule is CCOC(/N=C\CC1CC=CN(/C=N\C)C1C)=N/C. The lowest BCUT2D eigenvalue weighted by Gasteiger charge is -2.33. The Morgan fingerprint density at radius 2 is 2.26 bits per heavy atom. The van der Waals surface area contributed by atoms with E-state index in [9.17, 15) is 0 Å². The van der Waals surface area contributed by atoms with Gasteiger partial charge in [0.25, 0.3) is 0 Å². The Morgan fingerprint density at radius 1 is 1.47 bits per heavy atom. The van der Waals surface area contributed by atoms with Crippen molar-refractivity contribution in [3.8, 4) is 0 Å². The van der Waals surface area contributed by atoms with Crippen LogP contribution in [0.2, 0.25) is 0 Å². The van der Waals surface area contributed by atoms with Crippen molar-refractivity contribution in [2.24, 2.45) is 20.9 Å². The van der Waals surface area contributed by atoms with Crippen molar-refractivity contribution >= 4 is 18.6 Å². The molecule has 106 valence electrons. The van der Waals surface area contributed by atoms with Gasteiger partial charge in [-0.25, -0.2) is 9.98 Å². The van der Waals surface area contributed by atoms with Crippen LogP contribution in [0.15, 0.2) is 27.3 Å². The maximum atomic E-state index is 5.27. The van der Waals surface area contributed by atoms with E-state index >= 15 is 0 Å². The van der Waals surface area contributed by atoms with Crippen LogP contribution in [0.4, 0.5) is 0 Å². The summed E-state index contributed by atoms with van der Waals surface area (Å²) >= 11 is 0. The Balaban J connectivity index is 2.53. The van der Waals surface area contributed by atoms with Crippen LogP contribution in [0.1, 0.15) is 26.7 Å². The molecule has 0 radical (unpaired) electrons. The Labute approximate surface area is 115 Å². The van der Waals surface area contributed by atoms with E-state index in [0.29, 0.717) is 24.6 Å². The summed E-state index contributed by atoms with van der Waals surface area (Å²) in [6.45, 7) is 4.73. The van der Waals surface area contributed by atoms with Gasteiger partial charge in [-0.15, -0.1) is 0 Å². The van der Waals surface area contributed by atoms with Gasteiger partial charge in [0.1, 0.15) is 0 Å². The van der Waals surface area contributed by atoms with E-state index in [2.05, 4.69) is 39.1 Å². The molecule has 0 fully saturated rings. The molecule has 0 saturated heterocycles. The molecular formula is C14H24N4O. The number of amidine groups is 1. The van der Waals surface area contributed by atoms with Gasteiger partial charge in [-0.05, 0) is 32.6 Å². The van der Waals surface area contributed by atoms with Crippen LogP contribution in [0.3, 0.4) is 0 Å². The zero-order chi connectivity index (χ0) is 14.1. The minimum atomic E-state index is 0.425. The average Bonchev–Trinajstić information content (AvgIpc) is 2.42. The summed E-state index contributed by atoms with van der Waals surface area (Å²) in [5.41, 5.74) is 0. The molecule has 2 atom stereocenters. The fraction of sp³-hybridized carbons (Fsp3) is 0.643. The van der Waals surface area contributed by atoms with Crippen molar-refractivity contribution < 1.29 is 4.74 Å². The summed E-state index contributed by atoms with van der Waals surface area (Å²) < 4.78 is 5.27. The first-order valence-corrected chi connectivity index (χ1v) is 6.71. The van der Waals surface area contributed by atoms with Crippen molar-refractivity contribution in [2.75, 3.05) is 20.7 Å².